The largest absolute Gasteiger partial charge is 0.378 e. The van der Waals surface area contributed by atoms with Crippen molar-refractivity contribution in [2.24, 2.45) is 0 Å². The minimum absolute atomic E-state index is 0.0655. The number of anilines is 2. The van der Waals surface area contributed by atoms with Crippen LogP contribution in [0.5, 0.6) is 0 Å². The molecule has 0 aliphatic carbocycles. The molecule has 1 N–H and O–H groups in total. The van der Waals surface area contributed by atoms with E-state index in [9.17, 15) is 9.59 Å². The molecule has 28 heavy (non-hydrogen) atoms. The summed E-state index contributed by atoms with van der Waals surface area (Å²) >= 11 is 1.27. The standard InChI is InChI=1S/C21H26N4O2S/c1-5-6-7-12-25-13-22-20-17(21(25)27)14(2)18(28-20)19(26)23-15-8-10-16(11-9-15)24(3)4/h8-11,13H,5-7,12H2,1-4H3,(H,23,26). The van der Waals surface area contributed by atoms with Crippen molar-refractivity contribution in [2.45, 2.75) is 39.7 Å². The number of benzene rings is 1. The van der Waals surface area contributed by atoms with E-state index in [1.165, 1.54) is 11.3 Å². The summed E-state index contributed by atoms with van der Waals surface area (Å²) in [5, 5.41) is 3.47. The summed E-state index contributed by atoms with van der Waals surface area (Å²) in [6.07, 6.45) is 4.72. The van der Waals surface area contributed by atoms with Gasteiger partial charge in [0.15, 0.2) is 0 Å². The number of amides is 1. The zero-order valence-electron chi connectivity index (χ0n) is 16.8. The number of unbranched alkanes of at least 4 members (excludes halogenated alkanes) is 2. The number of hydrogen-bond acceptors (Lipinski definition) is 5. The average Bonchev–Trinajstić information content (AvgIpc) is 3.01. The lowest BCUT2D eigenvalue weighted by molar-refractivity contribution is 0.103. The van der Waals surface area contributed by atoms with Crippen LogP contribution in [0.3, 0.4) is 0 Å². The van der Waals surface area contributed by atoms with Gasteiger partial charge < -0.3 is 10.2 Å². The van der Waals surface area contributed by atoms with Crippen molar-refractivity contribution >= 4 is 38.8 Å². The second-order valence-corrected chi connectivity index (χ2v) is 8.08. The first-order chi connectivity index (χ1) is 13.4. The quantitative estimate of drug-likeness (QED) is 0.604. The van der Waals surface area contributed by atoms with Gasteiger partial charge in [0.1, 0.15) is 4.83 Å². The molecule has 7 heteroatoms. The lowest BCUT2D eigenvalue weighted by Gasteiger charge is -2.13. The number of carbonyl (C=O) groups excluding carboxylic acids is 1. The van der Waals surface area contributed by atoms with Crippen molar-refractivity contribution in [2.75, 3.05) is 24.3 Å². The lowest BCUT2D eigenvalue weighted by atomic mass is 10.2. The number of nitrogens with one attached hydrogen (secondary N) is 1. The van der Waals surface area contributed by atoms with Gasteiger partial charge in [0.05, 0.1) is 16.6 Å². The number of fused-ring (bicyclic) bond motifs is 1. The van der Waals surface area contributed by atoms with Gasteiger partial charge in [0, 0.05) is 32.0 Å². The van der Waals surface area contributed by atoms with Crippen LogP contribution in [0.4, 0.5) is 11.4 Å². The van der Waals surface area contributed by atoms with Crippen LogP contribution < -0.4 is 15.8 Å². The van der Waals surface area contributed by atoms with Gasteiger partial charge in [-0.15, -0.1) is 11.3 Å². The lowest BCUT2D eigenvalue weighted by Crippen LogP contribution is -2.20. The predicted octanol–water partition coefficient (Wildman–Crippen LogP) is 4.27. The van der Waals surface area contributed by atoms with E-state index < -0.39 is 0 Å². The third-order valence-corrected chi connectivity index (χ3v) is 5.97. The van der Waals surface area contributed by atoms with Crippen LogP contribution in [-0.2, 0) is 6.54 Å². The molecular formula is C21H26N4O2S. The van der Waals surface area contributed by atoms with Crippen LogP contribution in [-0.4, -0.2) is 29.6 Å². The first kappa shape index (κ1) is 20.1. The smallest absolute Gasteiger partial charge is 0.266 e. The number of aryl methyl sites for hydroxylation is 2. The van der Waals surface area contributed by atoms with Gasteiger partial charge in [-0.25, -0.2) is 4.98 Å². The number of carbonyl (C=O) groups is 1. The number of nitrogens with zero attached hydrogens (tertiary/aromatic N) is 3. The third kappa shape index (κ3) is 4.09. The molecule has 3 rings (SSSR count). The maximum Gasteiger partial charge on any atom is 0.266 e. The monoisotopic (exact) mass is 398 g/mol. The van der Waals surface area contributed by atoms with Crippen LogP contribution in [0.15, 0.2) is 35.4 Å². The molecule has 6 nitrogen and oxygen atoms in total. The first-order valence-corrected chi connectivity index (χ1v) is 10.3. The van der Waals surface area contributed by atoms with E-state index in [-0.39, 0.29) is 11.5 Å². The highest BCUT2D eigenvalue weighted by Crippen LogP contribution is 2.28. The summed E-state index contributed by atoms with van der Waals surface area (Å²) in [7, 11) is 3.94. The van der Waals surface area contributed by atoms with Gasteiger partial charge in [-0.2, -0.15) is 0 Å². The highest BCUT2D eigenvalue weighted by Gasteiger charge is 2.19. The van der Waals surface area contributed by atoms with E-state index in [0.29, 0.717) is 27.2 Å². The van der Waals surface area contributed by atoms with Crippen LogP contribution in [0.2, 0.25) is 0 Å². The Hall–Kier alpha value is -2.67. The minimum atomic E-state index is -0.213. The van der Waals surface area contributed by atoms with Gasteiger partial charge in [-0.1, -0.05) is 19.8 Å². The Kier molecular flexibility index (Phi) is 6.14. The number of rotatable bonds is 7. The highest BCUT2D eigenvalue weighted by atomic mass is 32.1. The summed E-state index contributed by atoms with van der Waals surface area (Å²) in [5.74, 6) is -0.213. The van der Waals surface area contributed by atoms with Gasteiger partial charge in [0.2, 0.25) is 0 Å². The molecule has 0 fully saturated rings. The molecule has 0 saturated heterocycles. The third-order valence-electron chi connectivity index (χ3n) is 4.77. The predicted molar refractivity (Wildman–Crippen MR) is 117 cm³/mol. The first-order valence-electron chi connectivity index (χ1n) is 9.49. The van der Waals surface area contributed by atoms with E-state index in [2.05, 4.69) is 17.2 Å². The van der Waals surface area contributed by atoms with Crippen molar-refractivity contribution in [1.29, 1.82) is 0 Å². The Labute approximate surface area is 168 Å². The molecule has 0 atom stereocenters. The van der Waals surface area contributed by atoms with E-state index in [0.717, 1.165) is 30.6 Å². The van der Waals surface area contributed by atoms with E-state index >= 15 is 0 Å². The Morgan fingerprint density at radius 2 is 1.93 bits per heavy atom. The van der Waals surface area contributed by atoms with Crippen LogP contribution in [0, 0.1) is 6.92 Å². The van der Waals surface area contributed by atoms with Gasteiger partial charge in [0.25, 0.3) is 11.5 Å². The zero-order valence-corrected chi connectivity index (χ0v) is 17.6. The molecule has 0 unspecified atom stereocenters. The summed E-state index contributed by atoms with van der Waals surface area (Å²) < 4.78 is 1.65. The molecule has 0 saturated carbocycles. The molecule has 2 heterocycles. The molecule has 1 aromatic carbocycles. The molecule has 0 bridgehead atoms. The van der Waals surface area contributed by atoms with Crippen molar-refractivity contribution < 1.29 is 4.79 Å². The summed E-state index contributed by atoms with van der Waals surface area (Å²) in [4.78, 5) is 33.2. The highest BCUT2D eigenvalue weighted by molar-refractivity contribution is 7.20. The van der Waals surface area contributed by atoms with Gasteiger partial charge >= 0.3 is 0 Å². The number of hydrogen-bond donors (Lipinski definition) is 1. The maximum absolute atomic E-state index is 12.8. The Morgan fingerprint density at radius 3 is 2.57 bits per heavy atom. The summed E-state index contributed by atoms with van der Waals surface area (Å²) in [6.45, 7) is 4.61. The summed E-state index contributed by atoms with van der Waals surface area (Å²) in [6, 6.07) is 7.64. The number of aromatic nitrogens is 2. The molecule has 3 aromatic rings. The molecule has 148 valence electrons. The summed E-state index contributed by atoms with van der Waals surface area (Å²) in [5.41, 5.74) is 2.41. The molecule has 1 amide bonds. The molecule has 0 spiro atoms. The fourth-order valence-electron chi connectivity index (χ4n) is 3.10. The zero-order chi connectivity index (χ0) is 20.3. The normalized spacial score (nSPS) is 11.0. The fraction of sp³-hybridized carbons (Fsp3) is 0.381. The van der Waals surface area contributed by atoms with E-state index in [4.69, 9.17) is 0 Å². The fourth-order valence-corrected chi connectivity index (χ4v) is 4.13. The van der Waals surface area contributed by atoms with Crippen molar-refractivity contribution in [3.63, 3.8) is 0 Å². The van der Waals surface area contributed by atoms with Gasteiger partial charge in [-0.3, -0.25) is 14.2 Å². The number of thiophene rings is 1. The van der Waals surface area contributed by atoms with E-state index in [1.807, 2.05) is 50.2 Å². The molecular weight excluding hydrogens is 372 g/mol. The van der Waals surface area contributed by atoms with Crippen LogP contribution in [0.1, 0.15) is 41.4 Å². The SMILES string of the molecule is CCCCCn1cnc2sc(C(=O)Nc3ccc(N(C)C)cc3)c(C)c2c1=O. The molecule has 0 aliphatic rings. The van der Waals surface area contributed by atoms with Crippen LogP contribution in [0.25, 0.3) is 10.2 Å². The second-order valence-electron chi connectivity index (χ2n) is 7.08. The average molecular weight is 399 g/mol. The minimum Gasteiger partial charge on any atom is -0.378 e. The molecule has 0 radical (unpaired) electrons. The van der Waals surface area contributed by atoms with Crippen molar-refractivity contribution in [3.05, 3.63) is 51.4 Å². The topological polar surface area (TPSA) is 67.2 Å². The Balaban J connectivity index is 1.86. The van der Waals surface area contributed by atoms with Crippen LogP contribution >= 0.6 is 11.3 Å². The Morgan fingerprint density at radius 1 is 1.21 bits per heavy atom. The maximum atomic E-state index is 12.8. The van der Waals surface area contributed by atoms with Crippen molar-refractivity contribution in [3.8, 4) is 0 Å². The Bertz CT molecular complexity index is 1030. The van der Waals surface area contributed by atoms with Gasteiger partial charge in [-0.05, 0) is 43.2 Å². The molecule has 2 aromatic heterocycles. The second kappa shape index (κ2) is 8.56. The van der Waals surface area contributed by atoms with E-state index in [1.54, 1.807) is 10.9 Å². The molecule has 0 aliphatic heterocycles. The van der Waals surface area contributed by atoms with Crippen molar-refractivity contribution in [1.82, 2.24) is 9.55 Å².